The van der Waals surface area contributed by atoms with Crippen LogP contribution in [0.1, 0.15) is 32.4 Å². The van der Waals surface area contributed by atoms with Crippen molar-refractivity contribution >= 4 is 5.96 Å². The second-order valence-corrected chi connectivity index (χ2v) is 7.98. The standard InChI is InChI=1S/C21H37N5O/c1-15(2)26-13-16(3)19(14-26)24-21(22-4)23-12-20(25(5)6)17-8-10-18(27-7)11-9-17/h8-11,15-16,19-20H,12-14H2,1-7H3,(H2,22,23,24). The molecule has 1 heterocycles. The predicted octanol–water partition coefficient (Wildman–Crippen LogP) is 2.19. The first-order valence-electron chi connectivity index (χ1n) is 9.87. The number of likely N-dealkylation sites (N-methyl/N-ethyl adjacent to an activating group) is 1. The highest BCUT2D eigenvalue weighted by Crippen LogP contribution is 2.21. The summed E-state index contributed by atoms with van der Waals surface area (Å²) in [5, 5.41) is 7.14. The molecule has 0 amide bonds. The Morgan fingerprint density at radius 3 is 2.41 bits per heavy atom. The topological polar surface area (TPSA) is 52.1 Å². The SMILES string of the molecule is CN=C(NCC(c1ccc(OC)cc1)N(C)C)NC1CN(C(C)C)CC1C. The van der Waals surface area contributed by atoms with Gasteiger partial charge in [-0.15, -0.1) is 0 Å². The molecule has 2 N–H and O–H groups in total. The normalized spacial score (nSPS) is 22.3. The Morgan fingerprint density at radius 2 is 1.93 bits per heavy atom. The summed E-state index contributed by atoms with van der Waals surface area (Å²) >= 11 is 0. The van der Waals surface area contributed by atoms with E-state index in [0.717, 1.165) is 31.3 Å². The number of aliphatic imine (C=N–C) groups is 1. The summed E-state index contributed by atoms with van der Waals surface area (Å²) in [6.07, 6.45) is 0. The Bertz CT molecular complexity index is 599. The summed E-state index contributed by atoms with van der Waals surface area (Å²) in [6, 6.07) is 9.54. The number of benzene rings is 1. The van der Waals surface area contributed by atoms with Crippen LogP contribution in [0.5, 0.6) is 5.75 Å². The van der Waals surface area contributed by atoms with E-state index in [1.807, 2.05) is 19.2 Å². The van der Waals surface area contributed by atoms with Crippen molar-refractivity contribution in [2.45, 2.75) is 38.9 Å². The molecule has 0 aliphatic carbocycles. The lowest BCUT2D eigenvalue weighted by Gasteiger charge is -2.27. The highest BCUT2D eigenvalue weighted by atomic mass is 16.5. The number of rotatable bonds is 7. The zero-order valence-corrected chi connectivity index (χ0v) is 18.0. The van der Waals surface area contributed by atoms with Gasteiger partial charge in [-0.05, 0) is 51.6 Å². The van der Waals surface area contributed by atoms with Crippen LogP contribution < -0.4 is 15.4 Å². The van der Waals surface area contributed by atoms with Crippen molar-refractivity contribution in [3.05, 3.63) is 29.8 Å². The molecular weight excluding hydrogens is 338 g/mol. The van der Waals surface area contributed by atoms with Gasteiger partial charge < -0.3 is 20.3 Å². The van der Waals surface area contributed by atoms with Crippen molar-refractivity contribution < 1.29 is 4.74 Å². The van der Waals surface area contributed by atoms with E-state index in [0.29, 0.717) is 18.0 Å². The molecule has 1 aromatic carbocycles. The Kier molecular flexibility index (Phi) is 7.92. The average Bonchev–Trinajstić information content (AvgIpc) is 3.02. The smallest absolute Gasteiger partial charge is 0.191 e. The molecule has 6 nitrogen and oxygen atoms in total. The maximum atomic E-state index is 5.27. The van der Waals surface area contributed by atoms with Crippen LogP contribution in [0.15, 0.2) is 29.3 Å². The highest BCUT2D eigenvalue weighted by molar-refractivity contribution is 5.80. The molecule has 2 rings (SSSR count). The van der Waals surface area contributed by atoms with Crippen molar-refractivity contribution in [3.63, 3.8) is 0 Å². The first kappa shape index (κ1) is 21.5. The van der Waals surface area contributed by atoms with Crippen molar-refractivity contribution in [1.82, 2.24) is 20.4 Å². The van der Waals surface area contributed by atoms with Crippen molar-refractivity contribution in [2.24, 2.45) is 10.9 Å². The van der Waals surface area contributed by atoms with Gasteiger partial charge in [-0.1, -0.05) is 19.1 Å². The minimum absolute atomic E-state index is 0.252. The Hall–Kier alpha value is -1.79. The van der Waals surface area contributed by atoms with E-state index in [2.05, 4.69) is 72.4 Å². The lowest BCUT2D eigenvalue weighted by Crippen LogP contribution is -2.48. The van der Waals surface area contributed by atoms with Crippen LogP contribution in [-0.2, 0) is 0 Å². The van der Waals surface area contributed by atoms with Gasteiger partial charge in [0.25, 0.3) is 0 Å². The monoisotopic (exact) mass is 375 g/mol. The average molecular weight is 376 g/mol. The third kappa shape index (κ3) is 5.84. The first-order valence-corrected chi connectivity index (χ1v) is 9.87. The molecule has 3 unspecified atom stereocenters. The largest absolute Gasteiger partial charge is 0.497 e. The summed E-state index contributed by atoms with van der Waals surface area (Å²) in [6.45, 7) is 9.83. The highest BCUT2D eigenvalue weighted by Gasteiger charge is 2.31. The molecule has 1 aromatic rings. The number of likely N-dealkylation sites (tertiary alicyclic amines) is 1. The summed E-state index contributed by atoms with van der Waals surface area (Å²) in [5.41, 5.74) is 1.25. The second kappa shape index (κ2) is 9.95. The van der Waals surface area contributed by atoms with Gasteiger partial charge in [-0.2, -0.15) is 0 Å². The van der Waals surface area contributed by atoms with Crippen molar-refractivity contribution in [2.75, 3.05) is 47.9 Å². The van der Waals surface area contributed by atoms with Crippen molar-refractivity contribution in [3.8, 4) is 5.75 Å². The van der Waals surface area contributed by atoms with Crippen LogP contribution in [0.4, 0.5) is 0 Å². The molecule has 27 heavy (non-hydrogen) atoms. The summed E-state index contributed by atoms with van der Waals surface area (Å²) in [4.78, 5) is 9.19. The minimum atomic E-state index is 0.252. The summed E-state index contributed by atoms with van der Waals surface area (Å²) in [5.74, 6) is 2.36. The van der Waals surface area contributed by atoms with Gasteiger partial charge in [0, 0.05) is 38.8 Å². The van der Waals surface area contributed by atoms with Gasteiger partial charge >= 0.3 is 0 Å². The van der Waals surface area contributed by atoms with Gasteiger partial charge in [0.1, 0.15) is 5.75 Å². The molecule has 3 atom stereocenters. The number of hydrogen-bond donors (Lipinski definition) is 2. The molecular formula is C21H37N5O. The van der Waals surface area contributed by atoms with Crippen LogP contribution in [0, 0.1) is 5.92 Å². The minimum Gasteiger partial charge on any atom is -0.497 e. The Balaban J connectivity index is 1.96. The van der Waals surface area contributed by atoms with E-state index in [9.17, 15) is 0 Å². The number of guanidine groups is 1. The van der Waals surface area contributed by atoms with Gasteiger partial charge in [-0.3, -0.25) is 9.89 Å². The zero-order chi connectivity index (χ0) is 20.0. The molecule has 0 bridgehead atoms. The number of nitrogens with zero attached hydrogens (tertiary/aromatic N) is 3. The fourth-order valence-electron chi connectivity index (χ4n) is 3.60. The second-order valence-electron chi connectivity index (χ2n) is 7.98. The van der Waals surface area contributed by atoms with E-state index in [1.54, 1.807) is 7.11 Å². The maximum Gasteiger partial charge on any atom is 0.191 e. The molecule has 1 aliphatic heterocycles. The van der Waals surface area contributed by atoms with Gasteiger partial charge in [0.15, 0.2) is 5.96 Å². The Labute approximate surface area is 165 Å². The summed E-state index contributed by atoms with van der Waals surface area (Å²) in [7, 11) is 7.74. The van der Waals surface area contributed by atoms with Crippen LogP contribution in [0.2, 0.25) is 0 Å². The molecule has 152 valence electrons. The molecule has 1 aliphatic rings. The number of methoxy groups -OCH3 is 1. The predicted molar refractivity (Wildman–Crippen MR) is 114 cm³/mol. The van der Waals surface area contributed by atoms with Crippen LogP contribution >= 0.6 is 0 Å². The molecule has 1 saturated heterocycles. The van der Waals surface area contributed by atoms with Crippen molar-refractivity contribution in [1.29, 1.82) is 0 Å². The summed E-state index contributed by atoms with van der Waals surface area (Å²) < 4.78 is 5.27. The van der Waals surface area contributed by atoms with E-state index >= 15 is 0 Å². The lowest BCUT2D eigenvalue weighted by molar-refractivity contribution is 0.265. The first-order chi connectivity index (χ1) is 12.8. The van der Waals surface area contributed by atoms with E-state index in [4.69, 9.17) is 4.74 Å². The molecule has 0 saturated carbocycles. The number of hydrogen-bond acceptors (Lipinski definition) is 4. The van der Waals surface area contributed by atoms with E-state index in [-0.39, 0.29) is 6.04 Å². The van der Waals surface area contributed by atoms with E-state index in [1.165, 1.54) is 5.56 Å². The number of nitrogens with one attached hydrogen (secondary N) is 2. The van der Waals surface area contributed by atoms with Crippen LogP contribution in [-0.4, -0.2) is 75.7 Å². The fraction of sp³-hybridized carbons (Fsp3) is 0.667. The third-order valence-corrected chi connectivity index (χ3v) is 5.50. The maximum absolute atomic E-state index is 5.27. The van der Waals surface area contributed by atoms with E-state index < -0.39 is 0 Å². The molecule has 0 radical (unpaired) electrons. The van der Waals surface area contributed by atoms with Gasteiger partial charge in [0.2, 0.25) is 0 Å². The molecule has 0 aromatic heterocycles. The van der Waals surface area contributed by atoms with Crippen LogP contribution in [0.3, 0.4) is 0 Å². The fourth-order valence-corrected chi connectivity index (χ4v) is 3.60. The Morgan fingerprint density at radius 1 is 1.26 bits per heavy atom. The quantitative estimate of drug-likeness (QED) is 0.565. The zero-order valence-electron chi connectivity index (χ0n) is 18.0. The van der Waals surface area contributed by atoms with Gasteiger partial charge in [0.05, 0.1) is 13.2 Å². The lowest BCUT2D eigenvalue weighted by atomic mass is 10.1. The molecule has 6 heteroatoms. The van der Waals surface area contributed by atoms with Gasteiger partial charge in [-0.25, -0.2) is 0 Å². The number of ether oxygens (including phenoxy) is 1. The third-order valence-electron chi connectivity index (χ3n) is 5.50. The van der Waals surface area contributed by atoms with Crippen LogP contribution in [0.25, 0.3) is 0 Å². The molecule has 1 fully saturated rings. The molecule has 0 spiro atoms.